The van der Waals surface area contributed by atoms with E-state index in [0.717, 1.165) is 45.5 Å². The Labute approximate surface area is 204 Å². The molecule has 1 aliphatic heterocycles. The van der Waals surface area contributed by atoms with E-state index in [1.807, 2.05) is 53.4 Å². The van der Waals surface area contributed by atoms with E-state index in [-0.39, 0.29) is 5.91 Å². The average Bonchev–Trinajstić information content (AvgIpc) is 3.34. The first-order valence-electron chi connectivity index (χ1n) is 11.4. The smallest absolute Gasteiger partial charge is 0.270 e. The summed E-state index contributed by atoms with van der Waals surface area (Å²) in [4.78, 5) is 18.6. The zero-order chi connectivity index (χ0) is 24.5. The summed E-state index contributed by atoms with van der Waals surface area (Å²) in [5.74, 6) is 2.83. The van der Waals surface area contributed by atoms with E-state index in [9.17, 15) is 4.79 Å². The Bertz CT molecular complexity index is 1410. The van der Waals surface area contributed by atoms with Gasteiger partial charge in [0.15, 0.2) is 11.5 Å². The first kappa shape index (κ1) is 22.7. The molecule has 0 spiro atoms. The minimum atomic E-state index is -0.0230. The van der Waals surface area contributed by atoms with Crippen LogP contribution in [0, 0.1) is 0 Å². The first-order chi connectivity index (χ1) is 17.0. The Morgan fingerprint density at radius 1 is 0.800 bits per heavy atom. The van der Waals surface area contributed by atoms with Crippen molar-refractivity contribution in [2.45, 2.75) is 13.0 Å². The molecule has 1 aromatic heterocycles. The highest BCUT2D eigenvalue weighted by molar-refractivity contribution is 5.99. The third kappa shape index (κ3) is 4.14. The highest BCUT2D eigenvalue weighted by Gasteiger charge is 2.25. The predicted octanol–water partition coefficient (Wildman–Crippen LogP) is 5.07. The summed E-state index contributed by atoms with van der Waals surface area (Å²) in [6.45, 7) is 1.17. The van der Waals surface area contributed by atoms with Crippen molar-refractivity contribution in [3.8, 4) is 34.1 Å². The topological polar surface area (TPSA) is 73.0 Å². The van der Waals surface area contributed by atoms with Crippen LogP contribution in [0.4, 0.5) is 0 Å². The third-order valence-corrected chi connectivity index (χ3v) is 6.58. The molecule has 0 fully saturated rings. The summed E-state index contributed by atoms with van der Waals surface area (Å²) in [5, 5.41) is 0.965. The Hall–Kier alpha value is -4.13. The Kier molecular flexibility index (Phi) is 5.99. The maximum atomic E-state index is 13.4. The van der Waals surface area contributed by atoms with Gasteiger partial charge in [0.1, 0.15) is 17.2 Å². The van der Waals surface area contributed by atoms with Crippen molar-refractivity contribution in [3.05, 3.63) is 71.4 Å². The van der Waals surface area contributed by atoms with E-state index >= 15 is 0 Å². The van der Waals surface area contributed by atoms with Gasteiger partial charge in [-0.05, 0) is 65.6 Å². The highest BCUT2D eigenvalue weighted by Crippen LogP contribution is 2.36. The molecular weight excluding hydrogens is 444 g/mol. The van der Waals surface area contributed by atoms with Gasteiger partial charge in [-0.15, -0.1) is 0 Å². The zero-order valence-electron chi connectivity index (χ0n) is 20.3. The van der Waals surface area contributed by atoms with Gasteiger partial charge in [-0.25, -0.2) is 0 Å². The summed E-state index contributed by atoms with van der Waals surface area (Å²) in [5.41, 5.74) is 5.70. The fourth-order valence-electron chi connectivity index (χ4n) is 4.68. The SMILES string of the molecule is COc1ccc(-c2ccc3[nH]c(C(=O)N4CCc5cc(OC)c(OC)cc5C4)cc3c2)c(OC)c1. The molecule has 1 amide bonds. The summed E-state index contributed by atoms with van der Waals surface area (Å²) < 4.78 is 21.8. The average molecular weight is 473 g/mol. The minimum absolute atomic E-state index is 0.0230. The van der Waals surface area contributed by atoms with Gasteiger partial charge < -0.3 is 28.8 Å². The van der Waals surface area contributed by atoms with Crippen LogP contribution in [0.1, 0.15) is 21.6 Å². The molecular formula is C28H28N2O5. The maximum Gasteiger partial charge on any atom is 0.270 e. The number of methoxy groups -OCH3 is 4. The van der Waals surface area contributed by atoms with Gasteiger partial charge in [0.05, 0.1) is 28.4 Å². The molecule has 35 heavy (non-hydrogen) atoms. The maximum absolute atomic E-state index is 13.4. The van der Waals surface area contributed by atoms with Crippen LogP contribution < -0.4 is 18.9 Å². The first-order valence-corrected chi connectivity index (χ1v) is 11.4. The molecule has 7 nitrogen and oxygen atoms in total. The van der Waals surface area contributed by atoms with Crippen molar-refractivity contribution < 1.29 is 23.7 Å². The number of benzene rings is 3. The fraction of sp³-hybridized carbons (Fsp3) is 0.250. The van der Waals surface area contributed by atoms with E-state index in [1.165, 1.54) is 5.56 Å². The second-order valence-electron chi connectivity index (χ2n) is 8.50. The van der Waals surface area contributed by atoms with Crippen LogP contribution in [0.2, 0.25) is 0 Å². The number of carbonyl (C=O) groups excluding carboxylic acids is 1. The number of amides is 1. The van der Waals surface area contributed by atoms with Gasteiger partial charge in [-0.3, -0.25) is 4.79 Å². The minimum Gasteiger partial charge on any atom is -0.497 e. The van der Waals surface area contributed by atoms with Crippen LogP contribution in [-0.2, 0) is 13.0 Å². The number of ether oxygens (including phenoxy) is 4. The second-order valence-corrected chi connectivity index (χ2v) is 8.50. The summed E-state index contributed by atoms with van der Waals surface area (Å²) in [6, 6.07) is 17.7. The lowest BCUT2D eigenvalue weighted by Crippen LogP contribution is -2.36. The molecule has 4 aromatic rings. The summed E-state index contributed by atoms with van der Waals surface area (Å²) in [7, 11) is 6.53. The monoisotopic (exact) mass is 472 g/mol. The normalized spacial score (nSPS) is 12.9. The largest absolute Gasteiger partial charge is 0.497 e. The third-order valence-electron chi connectivity index (χ3n) is 6.58. The fourth-order valence-corrected chi connectivity index (χ4v) is 4.68. The molecule has 5 rings (SSSR count). The van der Waals surface area contributed by atoms with Gasteiger partial charge in [0, 0.05) is 35.6 Å². The van der Waals surface area contributed by atoms with Gasteiger partial charge in [0.2, 0.25) is 0 Å². The van der Waals surface area contributed by atoms with Gasteiger partial charge in [-0.1, -0.05) is 6.07 Å². The molecule has 0 saturated heterocycles. The molecule has 0 saturated carbocycles. The lowest BCUT2D eigenvalue weighted by atomic mass is 9.98. The van der Waals surface area contributed by atoms with Crippen LogP contribution in [0.3, 0.4) is 0 Å². The molecule has 0 unspecified atom stereocenters. The molecule has 1 aliphatic rings. The number of carbonyl (C=O) groups is 1. The van der Waals surface area contributed by atoms with Crippen molar-refractivity contribution >= 4 is 16.8 Å². The van der Waals surface area contributed by atoms with Crippen molar-refractivity contribution in [3.63, 3.8) is 0 Å². The number of nitrogens with zero attached hydrogens (tertiary/aromatic N) is 1. The second kappa shape index (κ2) is 9.25. The Morgan fingerprint density at radius 2 is 1.54 bits per heavy atom. The standard InChI is InChI=1S/C28H28N2O5/c1-32-21-6-7-22(25(15-21)33-2)18-5-8-23-19(11-18)12-24(29-23)28(31)30-10-9-17-13-26(34-3)27(35-4)14-20(17)16-30/h5-8,11-15,29H,9-10,16H2,1-4H3. The number of aromatic nitrogens is 1. The van der Waals surface area contributed by atoms with E-state index in [2.05, 4.69) is 11.1 Å². The molecule has 180 valence electrons. The quantitative estimate of drug-likeness (QED) is 0.424. The zero-order valence-corrected chi connectivity index (χ0v) is 20.3. The summed E-state index contributed by atoms with van der Waals surface area (Å²) >= 11 is 0. The van der Waals surface area contributed by atoms with E-state index < -0.39 is 0 Å². The molecule has 0 bridgehead atoms. The lowest BCUT2D eigenvalue weighted by molar-refractivity contribution is 0.0729. The van der Waals surface area contributed by atoms with Crippen molar-refractivity contribution in [1.82, 2.24) is 9.88 Å². The molecule has 2 heterocycles. The molecule has 0 atom stereocenters. The number of fused-ring (bicyclic) bond motifs is 2. The molecule has 1 N–H and O–H groups in total. The molecule has 0 aliphatic carbocycles. The van der Waals surface area contributed by atoms with Crippen LogP contribution in [-0.4, -0.2) is 50.8 Å². The number of rotatable bonds is 6. The lowest BCUT2D eigenvalue weighted by Gasteiger charge is -2.29. The number of hydrogen-bond acceptors (Lipinski definition) is 5. The van der Waals surface area contributed by atoms with Crippen molar-refractivity contribution in [1.29, 1.82) is 0 Å². The van der Waals surface area contributed by atoms with Gasteiger partial charge >= 0.3 is 0 Å². The van der Waals surface area contributed by atoms with Crippen LogP contribution in [0.25, 0.3) is 22.0 Å². The van der Waals surface area contributed by atoms with E-state index in [1.54, 1.807) is 28.4 Å². The molecule has 7 heteroatoms. The van der Waals surface area contributed by atoms with Gasteiger partial charge in [-0.2, -0.15) is 0 Å². The molecule has 3 aromatic carbocycles. The number of nitrogens with one attached hydrogen (secondary N) is 1. The number of H-pyrrole nitrogens is 1. The van der Waals surface area contributed by atoms with E-state index in [4.69, 9.17) is 18.9 Å². The van der Waals surface area contributed by atoms with Gasteiger partial charge in [0.25, 0.3) is 5.91 Å². The predicted molar refractivity (Wildman–Crippen MR) is 135 cm³/mol. The highest BCUT2D eigenvalue weighted by atomic mass is 16.5. The van der Waals surface area contributed by atoms with Crippen LogP contribution in [0.15, 0.2) is 54.6 Å². The Balaban J connectivity index is 1.42. The Morgan fingerprint density at radius 3 is 2.26 bits per heavy atom. The summed E-state index contributed by atoms with van der Waals surface area (Å²) in [6.07, 6.45) is 0.767. The van der Waals surface area contributed by atoms with E-state index in [0.29, 0.717) is 30.3 Å². The molecule has 0 radical (unpaired) electrons. The van der Waals surface area contributed by atoms with Crippen LogP contribution in [0.5, 0.6) is 23.0 Å². The number of hydrogen-bond donors (Lipinski definition) is 1. The van der Waals surface area contributed by atoms with Crippen LogP contribution >= 0.6 is 0 Å². The van der Waals surface area contributed by atoms with Crippen molar-refractivity contribution in [2.75, 3.05) is 35.0 Å². The number of aromatic amines is 1. The van der Waals surface area contributed by atoms with Crippen molar-refractivity contribution in [2.24, 2.45) is 0 Å².